The Labute approximate surface area is 124 Å². The highest BCUT2D eigenvalue weighted by atomic mass is 32.2. The number of hydrogen-bond donors (Lipinski definition) is 1. The van der Waals surface area contributed by atoms with Crippen LogP contribution in [-0.4, -0.2) is 14.3 Å². The van der Waals surface area contributed by atoms with Crippen LogP contribution in [0.2, 0.25) is 0 Å². The highest BCUT2D eigenvalue weighted by molar-refractivity contribution is 7.90. The second kappa shape index (κ2) is 5.00. The van der Waals surface area contributed by atoms with Crippen LogP contribution in [-0.2, 0) is 10.0 Å². The van der Waals surface area contributed by atoms with Crippen LogP contribution in [0, 0.1) is 6.92 Å². The van der Waals surface area contributed by atoms with Gasteiger partial charge in [-0.25, -0.2) is 8.42 Å². The molecule has 2 aromatic carbocycles. The van der Waals surface area contributed by atoms with E-state index in [9.17, 15) is 8.42 Å². The minimum Gasteiger partial charge on any atom is -0.263 e. The molecule has 3 rings (SSSR count). The van der Waals surface area contributed by atoms with Crippen molar-refractivity contribution >= 4 is 15.9 Å². The number of fused-ring (bicyclic) bond motifs is 1. The Morgan fingerprint density at radius 2 is 1.71 bits per heavy atom. The molecule has 21 heavy (non-hydrogen) atoms. The number of sulfonamides is 1. The van der Waals surface area contributed by atoms with E-state index in [0.717, 1.165) is 11.1 Å². The van der Waals surface area contributed by atoms with Gasteiger partial charge in [-0.1, -0.05) is 36.4 Å². The van der Waals surface area contributed by atoms with Crippen molar-refractivity contribution in [2.75, 3.05) is 0 Å². The predicted octanol–water partition coefficient (Wildman–Crippen LogP) is 2.79. The van der Waals surface area contributed by atoms with E-state index >= 15 is 0 Å². The maximum absolute atomic E-state index is 12.1. The van der Waals surface area contributed by atoms with Crippen molar-refractivity contribution in [2.24, 2.45) is 4.99 Å². The molecule has 1 atom stereocenters. The quantitative estimate of drug-likeness (QED) is 0.927. The fraction of sp³-hybridized carbons (Fsp3) is 0.188. The molecule has 0 aromatic heterocycles. The van der Waals surface area contributed by atoms with E-state index in [0.29, 0.717) is 16.3 Å². The van der Waals surface area contributed by atoms with Gasteiger partial charge in [-0.15, -0.1) is 0 Å². The van der Waals surface area contributed by atoms with Crippen LogP contribution in [0.1, 0.15) is 29.7 Å². The molecule has 2 aromatic rings. The molecule has 5 heteroatoms. The lowest BCUT2D eigenvalue weighted by Gasteiger charge is -2.11. The molecule has 0 spiro atoms. The van der Waals surface area contributed by atoms with Gasteiger partial charge in [0.1, 0.15) is 5.84 Å². The minimum absolute atomic E-state index is 0.116. The first-order valence-electron chi connectivity index (χ1n) is 6.74. The number of amidine groups is 1. The molecule has 4 nitrogen and oxygen atoms in total. The zero-order valence-corrected chi connectivity index (χ0v) is 12.7. The van der Waals surface area contributed by atoms with Crippen LogP contribution in [0.4, 0.5) is 0 Å². The lowest BCUT2D eigenvalue weighted by Crippen LogP contribution is -2.22. The molecule has 1 unspecified atom stereocenters. The average Bonchev–Trinajstić information content (AvgIpc) is 2.71. The summed E-state index contributed by atoms with van der Waals surface area (Å²) in [5.41, 5.74) is 2.87. The summed E-state index contributed by atoms with van der Waals surface area (Å²) in [5.74, 6) is 0.418. The first-order chi connectivity index (χ1) is 9.99. The number of nitrogens with zero attached hydrogens (tertiary/aromatic N) is 1. The lowest BCUT2D eigenvalue weighted by molar-refractivity contribution is 0.595. The van der Waals surface area contributed by atoms with Gasteiger partial charge in [0.05, 0.1) is 10.9 Å². The van der Waals surface area contributed by atoms with Crippen molar-refractivity contribution in [3.05, 3.63) is 65.2 Å². The van der Waals surface area contributed by atoms with Crippen LogP contribution in [0.5, 0.6) is 0 Å². The maximum Gasteiger partial charge on any atom is 0.263 e. The van der Waals surface area contributed by atoms with Crippen LogP contribution in [0.15, 0.2) is 58.4 Å². The van der Waals surface area contributed by atoms with E-state index in [-0.39, 0.29) is 6.04 Å². The van der Waals surface area contributed by atoms with E-state index in [1.165, 1.54) is 0 Å². The number of aliphatic imine (C=N–C) groups is 1. The molecule has 1 aliphatic rings. The van der Waals surface area contributed by atoms with Gasteiger partial charge in [0, 0.05) is 5.56 Å². The molecular formula is C16H16N2O2S. The summed E-state index contributed by atoms with van der Waals surface area (Å²) >= 11 is 0. The molecule has 0 radical (unpaired) electrons. The Hall–Kier alpha value is -2.14. The Kier molecular flexibility index (Phi) is 3.29. The van der Waals surface area contributed by atoms with E-state index < -0.39 is 10.0 Å². The topological polar surface area (TPSA) is 58.5 Å². The van der Waals surface area contributed by atoms with Gasteiger partial charge in [0.2, 0.25) is 0 Å². The normalized spacial score (nSPS) is 19.0. The second-order valence-electron chi connectivity index (χ2n) is 5.11. The van der Waals surface area contributed by atoms with E-state index in [2.05, 4.69) is 9.71 Å². The van der Waals surface area contributed by atoms with E-state index in [1.54, 1.807) is 18.2 Å². The molecule has 108 valence electrons. The zero-order valence-electron chi connectivity index (χ0n) is 11.9. The van der Waals surface area contributed by atoms with Crippen molar-refractivity contribution in [1.82, 2.24) is 4.72 Å². The van der Waals surface area contributed by atoms with Gasteiger partial charge >= 0.3 is 0 Å². The molecule has 0 saturated carbocycles. The summed E-state index contributed by atoms with van der Waals surface area (Å²) in [6.45, 7) is 3.99. The second-order valence-corrected chi connectivity index (χ2v) is 6.76. The molecule has 1 N–H and O–H groups in total. The van der Waals surface area contributed by atoms with Crippen LogP contribution < -0.4 is 4.72 Å². The Morgan fingerprint density at radius 1 is 1.05 bits per heavy atom. The fourth-order valence-corrected chi connectivity index (χ4v) is 3.79. The third-order valence-corrected chi connectivity index (χ3v) is 5.02. The van der Waals surface area contributed by atoms with E-state index in [4.69, 9.17) is 0 Å². The van der Waals surface area contributed by atoms with Crippen molar-refractivity contribution in [1.29, 1.82) is 0 Å². The third-order valence-electron chi connectivity index (χ3n) is 3.62. The van der Waals surface area contributed by atoms with Gasteiger partial charge in [0.15, 0.2) is 0 Å². The van der Waals surface area contributed by atoms with Crippen LogP contribution in [0.3, 0.4) is 0 Å². The smallest absolute Gasteiger partial charge is 0.263 e. The van der Waals surface area contributed by atoms with Crippen LogP contribution in [0.25, 0.3) is 0 Å². The summed E-state index contributed by atoms with van der Waals surface area (Å²) < 4.78 is 26.7. The summed E-state index contributed by atoms with van der Waals surface area (Å²) in [5, 5.41) is 0. The molecule has 0 fully saturated rings. The Bertz CT molecular complexity index is 826. The first-order valence-corrected chi connectivity index (χ1v) is 8.23. The van der Waals surface area contributed by atoms with Crippen molar-refractivity contribution < 1.29 is 8.42 Å². The monoisotopic (exact) mass is 300 g/mol. The molecule has 0 saturated heterocycles. The molecule has 0 bridgehead atoms. The lowest BCUT2D eigenvalue weighted by atomic mass is 10.0. The van der Waals surface area contributed by atoms with Gasteiger partial charge in [-0.3, -0.25) is 9.71 Å². The van der Waals surface area contributed by atoms with Crippen molar-refractivity contribution in [3.8, 4) is 0 Å². The van der Waals surface area contributed by atoms with Crippen LogP contribution >= 0.6 is 0 Å². The van der Waals surface area contributed by atoms with Gasteiger partial charge in [-0.05, 0) is 37.1 Å². The molecule has 0 amide bonds. The molecule has 1 aliphatic heterocycles. The number of benzene rings is 2. The SMILES string of the molecule is Cc1ccccc1C(C)N=C1NS(=O)(=O)c2ccccc21. The largest absolute Gasteiger partial charge is 0.263 e. The fourth-order valence-electron chi connectivity index (χ4n) is 2.55. The van der Waals surface area contributed by atoms with E-state index in [1.807, 2.05) is 44.2 Å². The summed E-state index contributed by atoms with van der Waals surface area (Å²) in [6.07, 6.45) is 0. The Morgan fingerprint density at radius 3 is 2.48 bits per heavy atom. The summed E-state index contributed by atoms with van der Waals surface area (Å²) in [6, 6.07) is 14.8. The highest BCUT2D eigenvalue weighted by Gasteiger charge is 2.30. The maximum atomic E-state index is 12.1. The summed E-state index contributed by atoms with van der Waals surface area (Å²) in [7, 11) is -3.47. The van der Waals surface area contributed by atoms with Gasteiger partial charge < -0.3 is 0 Å². The number of aryl methyl sites for hydroxylation is 1. The number of nitrogens with one attached hydrogen (secondary N) is 1. The third kappa shape index (κ3) is 2.45. The minimum atomic E-state index is -3.47. The first kappa shape index (κ1) is 13.8. The van der Waals surface area contributed by atoms with Gasteiger partial charge in [0.25, 0.3) is 10.0 Å². The number of hydrogen-bond acceptors (Lipinski definition) is 3. The predicted molar refractivity (Wildman–Crippen MR) is 82.9 cm³/mol. The van der Waals surface area contributed by atoms with Crippen molar-refractivity contribution in [3.63, 3.8) is 0 Å². The Balaban J connectivity index is 2.05. The highest BCUT2D eigenvalue weighted by Crippen LogP contribution is 2.26. The zero-order chi connectivity index (χ0) is 15.0. The average molecular weight is 300 g/mol. The number of rotatable bonds is 2. The molecule has 0 aliphatic carbocycles. The van der Waals surface area contributed by atoms with Crippen molar-refractivity contribution in [2.45, 2.75) is 24.8 Å². The summed E-state index contributed by atoms with van der Waals surface area (Å²) in [4.78, 5) is 4.86. The van der Waals surface area contributed by atoms with Gasteiger partial charge in [-0.2, -0.15) is 0 Å². The molecular weight excluding hydrogens is 284 g/mol. The molecule has 1 heterocycles. The standard InChI is InChI=1S/C16H16N2O2S/c1-11-7-3-4-8-13(11)12(2)17-16-14-9-5-6-10-15(14)21(19,20)18-16/h3-10,12H,1-2H3,(H,17,18).